The number of anilines is 2. The smallest absolute Gasteiger partial charge is 0.131 e. The second-order valence-corrected chi connectivity index (χ2v) is 5.89. The van der Waals surface area contributed by atoms with E-state index >= 15 is 0 Å². The number of benzene rings is 3. The van der Waals surface area contributed by atoms with Gasteiger partial charge < -0.3 is 10.2 Å². The van der Waals surface area contributed by atoms with Gasteiger partial charge in [-0.15, -0.1) is 0 Å². The minimum atomic E-state index is -0.242. The maximum atomic E-state index is 13.4. The van der Waals surface area contributed by atoms with Crippen LogP contribution in [-0.2, 0) is 0 Å². The minimum absolute atomic E-state index is 0.125. The third kappa shape index (κ3) is 2.76. The molecule has 1 aliphatic rings. The molecular formula is C21H18FN3. The molecule has 124 valence electrons. The summed E-state index contributed by atoms with van der Waals surface area (Å²) in [6.07, 6.45) is -0.125. The van der Waals surface area contributed by atoms with Gasteiger partial charge in [0.2, 0.25) is 0 Å². The molecule has 0 amide bonds. The van der Waals surface area contributed by atoms with Crippen LogP contribution in [0.15, 0.2) is 83.9 Å². The highest BCUT2D eigenvalue weighted by Crippen LogP contribution is 2.39. The van der Waals surface area contributed by atoms with E-state index in [1.54, 1.807) is 19.2 Å². The van der Waals surface area contributed by atoms with Gasteiger partial charge in [0.25, 0.3) is 0 Å². The highest BCUT2D eigenvalue weighted by atomic mass is 19.1. The van der Waals surface area contributed by atoms with E-state index in [9.17, 15) is 4.39 Å². The molecule has 0 fully saturated rings. The highest BCUT2D eigenvalue weighted by Gasteiger charge is 2.31. The number of halogens is 1. The standard InChI is InChI=1S/C21H18FN3/c1-23-20-18-9-5-6-10-19(18)25(17-13-11-16(22)12-14-17)21(24-20)15-7-3-2-4-8-15/h2-14,21H,1H3,(H,23,24). The first-order chi connectivity index (χ1) is 12.3. The van der Waals surface area contributed by atoms with Gasteiger partial charge in [-0.3, -0.25) is 4.99 Å². The van der Waals surface area contributed by atoms with E-state index in [0.29, 0.717) is 0 Å². The Morgan fingerprint density at radius 1 is 0.880 bits per heavy atom. The van der Waals surface area contributed by atoms with Crippen LogP contribution in [0.25, 0.3) is 0 Å². The lowest BCUT2D eigenvalue weighted by atomic mass is 10.0. The molecule has 3 aromatic rings. The average molecular weight is 331 g/mol. The van der Waals surface area contributed by atoms with Gasteiger partial charge in [-0.1, -0.05) is 42.5 Å². The molecule has 1 N–H and O–H groups in total. The number of para-hydroxylation sites is 1. The van der Waals surface area contributed by atoms with Crippen molar-refractivity contribution in [3.63, 3.8) is 0 Å². The molecule has 0 saturated carbocycles. The molecular weight excluding hydrogens is 313 g/mol. The number of hydrogen-bond donors (Lipinski definition) is 1. The van der Waals surface area contributed by atoms with Crippen LogP contribution in [0, 0.1) is 5.82 Å². The predicted molar refractivity (Wildman–Crippen MR) is 99.8 cm³/mol. The van der Waals surface area contributed by atoms with E-state index in [4.69, 9.17) is 0 Å². The maximum Gasteiger partial charge on any atom is 0.131 e. The summed E-state index contributed by atoms with van der Waals surface area (Å²) in [7, 11) is 1.79. The summed E-state index contributed by atoms with van der Waals surface area (Å²) in [6, 6.07) is 24.9. The van der Waals surface area contributed by atoms with Crippen LogP contribution >= 0.6 is 0 Å². The summed E-state index contributed by atoms with van der Waals surface area (Å²) in [5.74, 6) is 0.608. The molecule has 4 heteroatoms. The van der Waals surface area contributed by atoms with Crippen molar-refractivity contribution in [3.05, 3.63) is 95.8 Å². The first kappa shape index (κ1) is 15.4. The van der Waals surface area contributed by atoms with Gasteiger partial charge in [-0.25, -0.2) is 4.39 Å². The second-order valence-electron chi connectivity index (χ2n) is 5.89. The lowest BCUT2D eigenvalue weighted by molar-refractivity contribution is 0.623. The third-order valence-electron chi connectivity index (χ3n) is 4.39. The Hall–Kier alpha value is -3.14. The normalized spacial score (nSPS) is 17.9. The van der Waals surface area contributed by atoms with E-state index in [0.717, 1.165) is 28.3 Å². The summed E-state index contributed by atoms with van der Waals surface area (Å²) in [6.45, 7) is 0. The van der Waals surface area contributed by atoms with Crippen LogP contribution in [-0.4, -0.2) is 12.9 Å². The second kappa shape index (κ2) is 6.40. The molecule has 1 heterocycles. The zero-order valence-electron chi connectivity index (χ0n) is 13.9. The van der Waals surface area contributed by atoms with Crippen LogP contribution in [0.5, 0.6) is 0 Å². The van der Waals surface area contributed by atoms with Crippen molar-refractivity contribution < 1.29 is 4.39 Å². The molecule has 0 bridgehead atoms. The van der Waals surface area contributed by atoms with Crippen molar-refractivity contribution in [1.29, 1.82) is 0 Å². The maximum absolute atomic E-state index is 13.4. The average Bonchev–Trinajstić information content (AvgIpc) is 2.68. The summed E-state index contributed by atoms with van der Waals surface area (Å²) in [5, 5.41) is 3.52. The van der Waals surface area contributed by atoms with Crippen molar-refractivity contribution in [2.45, 2.75) is 6.17 Å². The Balaban J connectivity index is 1.92. The predicted octanol–water partition coefficient (Wildman–Crippen LogP) is 4.64. The largest absolute Gasteiger partial charge is 0.346 e. The molecule has 0 radical (unpaired) electrons. The molecule has 3 aromatic carbocycles. The van der Waals surface area contributed by atoms with Crippen LogP contribution in [0.4, 0.5) is 15.8 Å². The Morgan fingerprint density at radius 2 is 1.56 bits per heavy atom. The molecule has 0 saturated heterocycles. The van der Waals surface area contributed by atoms with Crippen LogP contribution in [0.3, 0.4) is 0 Å². The van der Waals surface area contributed by atoms with E-state index in [2.05, 4.69) is 33.4 Å². The number of nitrogens with one attached hydrogen (secondary N) is 1. The summed E-state index contributed by atoms with van der Waals surface area (Å²) >= 11 is 0. The first-order valence-corrected chi connectivity index (χ1v) is 8.20. The quantitative estimate of drug-likeness (QED) is 0.741. The highest BCUT2D eigenvalue weighted by molar-refractivity contribution is 6.06. The fourth-order valence-electron chi connectivity index (χ4n) is 3.24. The molecule has 1 aliphatic heterocycles. The molecule has 1 atom stereocenters. The monoisotopic (exact) mass is 331 g/mol. The van der Waals surface area contributed by atoms with Crippen molar-refractivity contribution >= 4 is 17.2 Å². The van der Waals surface area contributed by atoms with Gasteiger partial charge in [-0.05, 0) is 42.0 Å². The lowest BCUT2D eigenvalue weighted by Crippen LogP contribution is -2.44. The fourth-order valence-corrected chi connectivity index (χ4v) is 3.24. The van der Waals surface area contributed by atoms with E-state index in [1.165, 1.54) is 12.1 Å². The van der Waals surface area contributed by atoms with Crippen molar-refractivity contribution in [2.24, 2.45) is 4.99 Å². The van der Waals surface area contributed by atoms with Gasteiger partial charge in [-0.2, -0.15) is 0 Å². The van der Waals surface area contributed by atoms with E-state index in [1.807, 2.05) is 36.4 Å². The number of nitrogens with zero attached hydrogens (tertiary/aromatic N) is 2. The van der Waals surface area contributed by atoms with Crippen molar-refractivity contribution in [2.75, 3.05) is 11.9 Å². The van der Waals surface area contributed by atoms with Crippen LogP contribution in [0.1, 0.15) is 17.3 Å². The van der Waals surface area contributed by atoms with Gasteiger partial charge in [0.15, 0.2) is 0 Å². The van der Waals surface area contributed by atoms with Gasteiger partial charge in [0, 0.05) is 18.3 Å². The fraction of sp³-hybridized carbons (Fsp3) is 0.0952. The Morgan fingerprint density at radius 3 is 2.28 bits per heavy atom. The molecule has 1 unspecified atom stereocenters. The Labute approximate surface area is 146 Å². The van der Waals surface area contributed by atoms with Gasteiger partial charge in [0.05, 0.1) is 5.69 Å². The van der Waals surface area contributed by atoms with Crippen LogP contribution < -0.4 is 10.2 Å². The molecule has 0 aromatic heterocycles. The topological polar surface area (TPSA) is 27.6 Å². The molecule has 0 aliphatic carbocycles. The van der Waals surface area contributed by atoms with E-state index < -0.39 is 0 Å². The minimum Gasteiger partial charge on any atom is -0.346 e. The SMILES string of the molecule is CN=C1NC(c2ccccc2)N(c2ccc(F)cc2)c2ccccc21. The summed E-state index contributed by atoms with van der Waals surface area (Å²) in [5.41, 5.74) is 4.11. The summed E-state index contributed by atoms with van der Waals surface area (Å²) < 4.78 is 13.4. The summed E-state index contributed by atoms with van der Waals surface area (Å²) in [4.78, 5) is 6.61. The van der Waals surface area contributed by atoms with Crippen molar-refractivity contribution in [3.8, 4) is 0 Å². The van der Waals surface area contributed by atoms with Crippen molar-refractivity contribution in [1.82, 2.24) is 5.32 Å². The number of amidine groups is 1. The third-order valence-corrected chi connectivity index (χ3v) is 4.39. The number of hydrogen-bond acceptors (Lipinski definition) is 2. The van der Waals surface area contributed by atoms with Gasteiger partial charge >= 0.3 is 0 Å². The van der Waals surface area contributed by atoms with E-state index in [-0.39, 0.29) is 12.0 Å². The number of aliphatic imine (C=N–C) groups is 1. The molecule has 25 heavy (non-hydrogen) atoms. The molecule has 0 spiro atoms. The molecule has 3 nitrogen and oxygen atoms in total. The zero-order valence-corrected chi connectivity index (χ0v) is 13.9. The number of rotatable bonds is 2. The lowest BCUT2D eigenvalue weighted by Gasteiger charge is -2.40. The Kier molecular flexibility index (Phi) is 3.94. The number of fused-ring (bicyclic) bond motifs is 1. The molecule has 4 rings (SSSR count). The Bertz CT molecular complexity index is 904. The van der Waals surface area contributed by atoms with Crippen LogP contribution in [0.2, 0.25) is 0 Å². The van der Waals surface area contributed by atoms with Gasteiger partial charge in [0.1, 0.15) is 17.8 Å². The zero-order chi connectivity index (χ0) is 17.2. The first-order valence-electron chi connectivity index (χ1n) is 8.20.